The summed E-state index contributed by atoms with van der Waals surface area (Å²) in [5, 5.41) is 11.8. The Morgan fingerprint density at radius 3 is 2.15 bits per heavy atom. The molecule has 0 bridgehead atoms. The zero-order chi connectivity index (χ0) is 24.6. The van der Waals surface area contributed by atoms with E-state index in [9.17, 15) is 26.9 Å². The standard InChI is InChI=1S/C21H27N3O7S2/c1-15(17-7-8-17)23(14-16-5-9-18(31-4)10-6-16)33(29,30)21-12-11-19(13-20(21)24(25)26)32(27,28)22(2)3/h5-6,9-13,15,17H,7-8,14H2,1-4H3. The third-order valence-corrected chi connectivity index (χ3v) is 9.54. The van der Waals surface area contributed by atoms with Crippen LogP contribution in [0.3, 0.4) is 0 Å². The van der Waals surface area contributed by atoms with E-state index in [1.54, 1.807) is 31.2 Å². The van der Waals surface area contributed by atoms with Crippen LogP contribution >= 0.6 is 0 Å². The van der Waals surface area contributed by atoms with Crippen LogP contribution in [-0.4, -0.2) is 57.6 Å². The number of sulfonamides is 2. The lowest BCUT2D eigenvalue weighted by Crippen LogP contribution is -2.39. The van der Waals surface area contributed by atoms with Crippen molar-refractivity contribution in [2.75, 3.05) is 21.2 Å². The monoisotopic (exact) mass is 497 g/mol. The van der Waals surface area contributed by atoms with Crippen LogP contribution in [-0.2, 0) is 26.6 Å². The van der Waals surface area contributed by atoms with Gasteiger partial charge in [-0.05, 0) is 55.5 Å². The molecule has 3 rings (SSSR count). The molecule has 0 spiro atoms. The van der Waals surface area contributed by atoms with E-state index in [-0.39, 0.29) is 23.4 Å². The van der Waals surface area contributed by atoms with Gasteiger partial charge in [-0.15, -0.1) is 0 Å². The van der Waals surface area contributed by atoms with Crippen LogP contribution < -0.4 is 4.74 Å². The summed E-state index contributed by atoms with van der Waals surface area (Å²) in [6.45, 7) is 1.80. The zero-order valence-corrected chi connectivity index (χ0v) is 20.5. The molecular formula is C21H27N3O7S2. The highest BCUT2D eigenvalue weighted by Gasteiger charge is 2.41. The highest BCUT2D eigenvalue weighted by Crippen LogP contribution is 2.39. The first kappa shape index (κ1) is 25.1. The molecule has 0 radical (unpaired) electrons. The molecule has 1 fully saturated rings. The minimum absolute atomic E-state index is 0.0128. The molecule has 0 amide bonds. The second kappa shape index (κ2) is 9.37. The fraction of sp³-hybridized carbons (Fsp3) is 0.429. The summed E-state index contributed by atoms with van der Waals surface area (Å²) in [4.78, 5) is 10.0. The van der Waals surface area contributed by atoms with Gasteiger partial charge in [-0.1, -0.05) is 12.1 Å². The van der Waals surface area contributed by atoms with Crippen LogP contribution in [0.25, 0.3) is 0 Å². The zero-order valence-electron chi connectivity index (χ0n) is 18.8. The van der Waals surface area contributed by atoms with Crippen LogP contribution in [0, 0.1) is 16.0 Å². The third kappa shape index (κ3) is 5.18. The second-order valence-corrected chi connectivity index (χ2v) is 12.2. The number of methoxy groups -OCH3 is 1. The van der Waals surface area contributed by atoms with Crippen LogP contribution in [0.4, 0.5) is 5.69 Å². The molecule has 0 aromatic heterocycles. The van der Waals surface area contributed by atoms with Gasteiger partial charge in [-0.25, -0.2) is 21.1 Å². The Labute approximate surface area is 194 Å². The molecule has 10 nitrogen and oxygen atoms in total. The van der Waals surface area contributed by atoms with Gasteiger partial charge < -0.3 is 4.74 Å². The first-order chi connectivity index (χ1) is 15.4. The number of ether oxygens (including phenoxy) is 1. The first-order valence-corrected chi connectivity index (χ1v) is 13.1. The van der Waals surface area contributed by atoms with Crippen LogP contribution in [0.5, 0.6) is 5.75 Å². The van der Waals surface area contributed by atoms with E-state index < -0.39 is 35.6 Å². The molecule has 1 aliphatic carbocycles. The molecule has 0 saturated heterocycles. The lowest BCUT2D eigenvalue weighted by atomic mass is 10.1. The van der Waals surface area contributed by atoms with Crippen molar-refractivity contribution in [1.82, 2.24) is 8.61 Å². The average molecular weight is 498 g/mol. The van der Waals surface area contributed by atoms with Crippen molar-refractivity contribution in [3.8, 4) is 5.75 Å². The van der Waals surface area contributed by atoms with E-state index in [2.05, 4.69) is 0 Å². The maximum Gasteiger partial charge on any atom is 0.290 e. The van der Waals surface area contributed by atoms with E-state index in [1.807, 2.05) is 0 Å². The van der Waals surface area contributed by atoms with E-state index in [4.69, 9.17) is 4.74 Å². The molecule has 0 aliphatic heterocycles. The van der Waals surface area contributed by atoms with Gasteiger partial charge in [0.1, 0.15) is 5.75 Å². The van der Waals surface area contributed by atoms with Crippen LogP contribution in [0.15, 0.2) is 52.3 Å². The van der Waals surface area contributed by atoms with E-state index in [0.717, 1.165) is 35.3 Å². The first-order valence-electron chi connectivity index (χ1n) is 10.3. The molecule has 2 aromatic carbocycles. The smallest absolute Gasteiger partial charge is 0.290 e. The van der Waals surface area contributed by atoms with Crippen molar-refractivity contribution in [3.63, 3.8) is 0 Å². The summed E-state index contributed by atoms with van der Waals surface area (Å²) in [7, 11) is -4.20. The SMILES string of the molecule is COc1ccc(CN(C(C)C2CC2)S(=O)(=O)c2ccc(S(=O)(=O)N(C)C)cc2[N+](=O)[O-])cc1. The van der Waals surface area contributed by atoms with Gasteiger partial charge in [0.05, 0.1) is 16.9 Å². The Hall–Kier alpha value is -2.54. The summed E-state index contributed by atoms with van der Waals surface area (Å²) in [6, 6.07) is 9.41. The highest BCUT2D eigenvalue weighted by atomic mass is 32.2. The molecule has 1 unspecified atom stereocenters. The summed E-state index contributed by atoms with van der Waals surface area (Å²) in [6.07, 6.45) is 1.75. The number of nitro groups is 1. The molecule has 0 N–H and O–H groups in total. The topological polar surface area (TPSA) is 127 Å². The van der Waals surface area contributed by atoms with Gasteiger partial charge >= 0.3 is 0 Å². The van der Waals surface area contributed by atoms with Crippen molar-refractivity contribution >= 4 is 25.7 Å². The van der Waals surface area contributed by atoms with Gasteiger partial charge in [-0.2, -0.15) is 4.31 Å². The van der Waals surface area contributed by atoms with Crippen LogP contribution in [0.1, 0.15) is 25.3 Å². The van der Waals surface area contributed by atoms with E-state index in [0.29, 0.717) is 11.3 Å². The van der Waals surface area contributed by atoms with Crippen LogP contribution in [0.2, 0.25) is 0 Å². The molecule has 33 heavy (non-hydrogen) atoms. The summed E-state index contributed by atoms with van der Waals surface area (Å²) < 4.78 is 59.6. The molecule has 2 aromatic rings. The molecule has 12 heteroatoms. The number of rotatable bonds is 10. The Balaban J connectivity index is 2.09. The lowest BCUT2D eigenvalue weighted by Gasteiger charge is -2.28. The molecule has 180 valence electrons. The minimum atomic E-state index is -4.33. The summed E-state index contributed by atoms with van der Waals surface area (Å²) >= 11 is 0. The Bertz CT molecular complexity index is 1240. The van der Waals surface area contributed by atoms with E-state index in [1.165, 1.54) is 25.5 Å². The van der Waals surface area contributed by atoms with Crippen molar-refractivity contribution in [2.24, 2.45) is 5.92 Å². The molecular weight excluding hydrogens is 470 g/mol. The lowest BCUT2D eigenvalue weighted by molar-refractivity contribution is -0.388. The third-order valence-electron chi connectivity index (χ3n) is 5.75. The number of hydrogen-bond donors (Lipinski definition) is 0. The fourth-order valence-electron chi connectivity index (χ4n) is 3.53. The Morgan fingerprint density at radius 2 is 1.67 bits per heavy atom. The van der Waals surface area contributed by atoms with Crippen molar-refractivity contribution < 1.29 is 26.5 Å². The molecule has 1 atom stereocenters. The predicted octanol–water partition coefficient (Wildman–Crippen LogP) is 2.84. The minimum Gasteiger partial charge on any atom is -0.497 e. The van der Waals surface area contributed by atoms with Gasteiger partial charge in [0, 0.05) is 32.7 Å². The number of hydrogen-bond acceptors (Lipinski definition) is 7. The predicted molar refractivity (Wildman–Crippen MR) is 122 cm³/mol. The van der Waals surface area contributed by atoms with Crippen molar-refractivity contribution in [1.29, 1.82) is 0 Å². The summed E-state index contributed by atoms with van der Waals surface area (Å²) in [5.74, 6) is 0.780. The molecule has 1 aliphatic rings. The second-order valence-electron chi connectivity index (χ2n) is 8.15. The fourth-order valence-corrected chi connectivity index (χ4v) is 6.27. The summed E-state index contributed by atoms with van der Waals surface area (Å²) in [5.41, 5.74) is -0.0815. The Morgan fingerprint density at radius 1 is 1.06 bits per heavy atom. The van der Waals surface area contributed by atoms with Gasteiger partial charge in [-0.3, -0.25) is 10.1 Å². The quantitative estimate of drug-likeness (QED) is 0.365. The number of nitrogens with zero attached hydrogens (tertiary/aromatic N) is 3. The molecule has 1 saturated carbocycles. The average Bonchev–Trinajstić information content (AvgIpc) is 3.62. The van der Waals surface area contributed by atoms with Gasteiger partial charge in [0.15, 0.2) is 4.90 Å². The largest absolute Gasteiger partial charge is 0.497 e. The molecule has 0 heterocycles. The van der Waals surface area contributed by atoms with Crippen molar-refractivity contribution in [2.45, 2.75) is 42.1 Å². The normalized spacial score (nSPS) is 15.6. The maximum absolute atomic E-state index is 13.7. The maximum atomic E-state index is 13.7. The number of nitro benzene ring substituents is 1. The van der Waals surface area contributed by atoms with Crippen molar-refractivity contribution in [3.05, 3.63) is 58.1 Å². The van der Waals surface area contributed by atoms with Gasteiger partial charge in [0.2, 0.25) is 20.0 Å². The number of benzene rings is 2. The Kier molecular flexibility index (Phi) is 7.13. The van der Waals surface area contributed by atoms with E-state index >= 15 is 0 Å². The van der Waals surface area contributed by atoms with Gasteiger partial charge in [0.25, 0.3) is 5.69 Å². The highest BCUT2D eigenvalue weighted by molar-refractivity contribution is 7.89.